The molecular weight excluding hydrogens is 234 g/mol. The fourth-order valence-electron chi connectivity index (χ4n) is 2.14. The van der Waals surface area contributed by atoms with E-state index in [1.54, 1.807) is 0 Å². The van der Waals surface area contributed by atoms with Gasteiger partial charge >= 0.3 is 0 Å². The lowest BCUT2D eigenvalue weighted by atomic mass is 10.1. The van der Waals surface area contributed by atoms with Crippen LogP contribution in [0.2, 0.25) is 0 Å². The van der Waals surface area contributed by atoms with Crippen LogP contribution in [0.5, 0.6) is 0 Å². The molecule has 0 aromatic carbocycles. The zero-order chi connectivity index (χ0) is 13.2. The van der Waals surface area contributed by atoms with E-state index in [2.05, 4.69) is 37.7 Å². The Morgan fingerprint density at radius 3 is 2.29 bits per heavy atom. The predicted molar refractivity (Wildman–Crippen MR) is 74.8 cm³/mol. The Balaban J connectivity index is 3.17. The summed E-state index contributed by atoms with van der Waals surface area (Å²) < 4.78 is 1.95. The maximum Gasteiger partial charge on any atom is 0.131 e. The lowest BCUT2D eigenvalue weighted by molar-refractivity contribution is 0.552. The second kappa shape index (κ2) is 5.76. The van der Waals surface area contributed by atoms with Crippen LogP contribution in [0.15, 0.2) is 0 Å². The topological polar surface area (TPSA) is 21.1 Å². The Bertz CT molecular complexity index is 369. The molecule has 17 heavy (non-hydrogen) atoms. The minimum absolute atomic E-state index is 0.453. The molecule has 0 unspecified atom stereocenters. The molecular formula is C13H24ClN3. The predicted octanol–water partition coefficient (Wildman–Crippen LogP) is 3.34. The zero-order valence-electron chi connectivity index (χ0n) is 11.8. The minimum Gasteiger partial charge on any atom is -0.354 e. The van der Waals surface area contributed by atoms with Crippen LogP contribution in [0.4, 0.5) is 5.82 Å². The van der Waals surface area contributed by atoms with E-state index < -0.39 is 0 Å². The lowest BCUT2D eigenvalue weighted by Crippen LogP contribution is -2.36. The molecule has 0 bridgehead atoms. The SMILES string of the molecule is Cc1nn(C)c(N(CC(C)C)C(C)C)c1CCl. The molecule has 0 aliphatic rings. The molecule has 0 spiro atoms. The fraction of sp³-hybridized carbons (Fsp3) is 0.769. The largest absolute Gasteiger partial charge is 0.354 e. The Kier molecular flexibility index (Phi) is 4.87. The molecule has 0 aliphatic heterocycles. The molecule has 0 saturated heterocycles. The van der Waals surface area contributed by atoms with Gasteiger partial charge in [0.2, 0.25) is 0 Å². The summed E-state index contributed by atoms with van der Waals surface area (Å²) in [6.07, 6.45) is 0. The lowest BCUT2D eigenvalue weighted by Gasteiger charge is -2.31. The molecule has 0 radical (unpaired) electrons. The highest BCUT2D eigenvalue weighted by Gasteiger charge is 2.21. The average molecular weight is 258 g/mol. The third-order valence-corrected chi connectivity index (χ3v) is 3.17. The van der Waals surface area contributed by atoms with Crippen molar-refractivity contribution in [2.24, 2.45) is 13.0 Å². The number of aromatic nitrogens is 2. The monoisotopic (exact) mass is 257 g/mol. The second-order valence-electron chi connectivity index (χ2n) is 5.28. The van der Waals surface area contributed by atoms with Gasteiger partial charge in [0.15, 0.2) is 0 Å². The Morgan fingerprint density at radius 1 is 1.29 bits per heavy atom. The zero-order valence-corrected chi connectivity index (χ0v) is 12.5. The Labute approximate surface area is 110 Å². The number of anilines is 1. The first-order valence-corrected chi connectivity index (χ1v) is 6.77. The van der Waals surface area contributed by atoms with Crippen molar-refractivity contribution in [3.05, 3.63) is 11.3 Å². The van der Waals surface area contributed by atoms with E-state index in [1.807, 2.05) is 18.7 Å². The van der Waals surface area contributed by atoms with Crippen LogP contribution in [-0.2, 0) is 12.9 Å². The highest BCUT2D eigenvalue weighted by atomic mass is 35.5. The third-order valence-electron chi connectivity index (χ3n) is 2.90. The summed E-state index contributed by atoms with van der Waals surface area (Å²) in [6, 6.07) is 0.453. The molecule has 4 heteroatoms. The van der Waals surface area contributed by atoms with Crippen LogP contribution in [0.25, 0.3) is 0 Å². The first-order valence-electron chi connectivity index (χ1n) is 6.23. The van der Waals surface area contributed by atoms with Crippen molar-refractivity contribution in [3.8, 4) is 0 Å². The van der Waals surface area contributed by atoms with Crippen LogP contribution in [0.1, 0.15) is 39.0 Å². The smallest absolute Gasteiger partial charge is 0.131 e. The number of hydrogen-bond acceptors (Lipinski definition) is 2. The van der Waals surface area contributed by atoms with E-state index in [1.165, 1.54) is 5.82 Å². The molecule has 3 nitrogen and oxygen atoms in total. The van der Waals surface area contributed by atoms with Gasteiger partial charge in [-0.2, -0.15) is 5.10 Å². The standard InChI is InChI=1S/C13H24ClN3/c1-9(2)8-17(10(3)4)13-12(7-14)11(5)15-16(13)6/h9-10H,7-8H2,1-6H3. The van der Waals surface area contributed by atoms with E-state index in [0.29, 0.717) is 17.8 Å². The summed E-state index contributed by atoms with van der Waals surface area (Å²) in [5, 5.41) is 4.48. The van der Waals surface area contributed by atoms with Crippen molar-refractivity contribution < 1.29 is 0 Å². The van der Waals surface area contributed by atoms with Gasteiger partial charge in [0, 0.05) is 25.2 Å². The quantitative estimate of drug-likeness (QED) is 0.755. The molecule has 1 aromatic rings. The molecule has 1 aromatic heterocycles. The first-order chi connectivity index (χ1) is 7.88. The van der Waals surface area contributed by atoms with Gasteiger partial charge in [-0.3, -0.25) is 4.68 Å². The average Bonchev–Trinajstić information content (AvgIpc) is 2.48. The van der Waals surface area contributed by atoms with Gasteiger partial charge < -0.3 is 4.90 Å². The number of nitrogens with zero attached hydrogens (tertiary/aromatic N) is 3. The van der Waals surface area contributed by atoms with Crippen LogP contribution in [0, 0.1) is 12.8 Å². The van der Waals surface area contributed by atoms with Crippen molar-refractivity contribution in [1.29, 1.82) is 0 Å². The molecule has 1 heterocycles. The molecule has 0 N–H and O–H groups in total. The number of alkyl halides is 1. The fourth-order valence-corrected chi connectivity index (χ4v) is 2.45. The first kappa shape index (κ1) is 14.4. The van der Waals surface area contributed by atoms with Crippen molar-refractivity contribution >= 4 is 17.4 Å². The summed E-state index contributed by atoms with van der Waals surface area (Å²) in [6.45, 7) is 11.9. The van der Waals surface area contributed by atoms with E-state index in [9.17, 15) is 0 Å². The van der Waals surface area contributed by atoms with E-state index in [-0.39, 0.29) is 0 Å². The number of halogens is 1. The van der Waals surface area contributed by atoms with Crippen molar-refractivity contribution in [1.82, 2.24) is 9.78 Å². The summed E-state index contributed by atoms with van der Waals surface area (Å²) in [7, 11) is 1.99. The molecule has 98 valence electrons. The van der Waals surface area contributed by atoms with E-state index >= 15 is 0 Å². The van der Waals surface area contributed by atoms with Gasteiger partial charge in [-0.15, -0.1) is 11.6 Å². The van der Waals surface area contributed by atoms with Crippen molar-refractivity contribution in [3.63, 3.8) is 0 Å². The molecule has 0 aliphatic carbocycles. The van der Waals surface area contributed by atoms with Crippen LogP contribution in [-0.4, -0.2) is 22.4 Å². The summed E-state index contributed by atoms with van der Waals surface area (Å²) in [4.78, 5) is 2.39. The van der Waals surface area contributed by atoms with Gasteiger partial charge in [0.25, 0.3) is 0 Å². The number of rotatable bonds is 5. The van der Waals surface area contributed by atoms with E-state index in [0.717, 1.165) is 17.8 Å². The van der Waals surface area contributed by atoms with Crippen LogP contribution in [0.3, 0.4) is 0 Å². The van der Waals surface area contributed by atoms with Crippen molar-refractivity contribution in [2.45, 2.75) is 46.5 Å². The minimum atomic E-state index is 0.453. The number of aryl methyl sites for hydroxylation is 2. The summed E-state index contributed by atoms with van der Waals surface area (Å²) in [5.41, 5.74) is 2.19. The second-order valence-corrected chi connectivity index (χ2v) is 5.55. The van der Waals surface area contributed by atoms with Gasteiger partial charge in [-0.1, -0.05) is 13.8 Å². The normalized spacial score (nSPS) is 11.6. The van der Waals surface area contributed by atoms with Gasteiger partial charge in [-0.05, 0) is 26.7 Å². The molecule has 0 atom stereocenters. The summed E-state index contributed by atoms with van der Waals surface area (Å²) >= 11 is 6.06. The summed E-state index contributed by atoms with van der Waals surface area (Å²) in [5.74, 6) is 2.31. The van der Waals surface area contributed by atoms with Crippen LogP contribution < -0.4 is 4.90 Å². The molecule has 0 fully saturated rings. The Morgan fingerprint density at radius 2 is 1.88 bits per heavy atom. The highest BCUT2D eigenvalue weighted by Crippen LogP contribution is 2.27. The molecule has 0 saturated carbocycles. The van der Waals surface area contributed by atoms with Gasteiger partial charge in [0.1, 0.15) is 5.82 Å². The van der Waals surface area contributed by atoms with Crippen molar-refractivity contribution in [2.75, 3.05) is 11.4 Å². The molecule has 1 rings (SSSR count). The van der Waals surface area contributed by atoms with E-state index in [4.69, 9.17) is 11.6 Å². The van der Waals surface area contributed by atoms with Gasteiger partial charge in [0.05, 0.1) is 11.6 Å². The third kappa shape index (κ3) is 3.15. The van der Waals surface area contributed by atoms with Crippen LogP contribution >= 0.6 is 11.6 Å². The number of hydrogen-bond donors (Lipinski definition) is 0. The Hall–Kier alpha value is -0.700. The highest BCUT2D eigenvalue weighted by molar-refractivity contribution is 6.17. The maximum absolute atomic E-state index is 6.06. The molecule has 0 amide bonds. The maximum atomic E-state index is 6.06. The van der Waals surface area contributed by atoms with Gasteiger partial charge in [-0.25, -0.2) is 0 Å².